The molecule has 22 heavy (non-hydrogen) atoms. The zero-order valence-electron chi connectivity index (χ0n) is 13.6. The maximum absolute atomic E-state index is 12.6. The number of aromatic nitrogens is 2. The van der Waals surface area contributed by atoms with Crippen LogP contribution in [0.15, 0.2) is 11.1 Å². The average molecular weight is 366 g/mol. The molecule has 2 atom stereocenters. The normalized spacial score (nSPS) is 12.7. The summed E-state index contributed by atoms with van der Waals surface area (Å²) in [5.74, 6) is -0.0810. The van der Waals surface area contributed by atoms with Gasteiger partial charge in [0.25, 0.3) is 10.0 Å². The van der Waals surface area contributed by atoms with Gasteiger partial charge in [0.05, 0.1) is 12.2 Å². The summed E-state index contributed by atoms with van der Waals surface area (Å²) in [5.41, 5.74) is 0.703. The lowest BCUT2D eigenvalue weighted by Crippen LogP contribution is -2.25. The van der Waals surface area contributed by atoms with Crippen molar-refractivity contribution in [2.24, 2.45) is 0 Å². The summed E-state index contributed by atoms with van der Waals surface area (Å²) >= 11 is 0. The van der Waals surface area contributed by atoms with Gasteiger partial charge in [-0.15, -0.1) is 9.24 Å². The molecular formula is C12H24N4O3P2S. The third kappa shape index (κ3) is 4.25. The molecule has 1 aromatic rings. The molecule has 0 N–H and O–H groups in total. The molecule has 0 aromatic carbocycles. The summed E-state index contributed by atoms with van der Waals surface area (Å²) in [4.78, 5) is 12.9. The van der Waals surface area contributed by atoms with Gasteiger partial charge in [-0.25, -0.2) is 8.42 Å². The first-order valence-corrected chi connectivity index (χ1v) is 10.6. The predicted octanol–water partition coefficient (Wildman–Crippen LogP) is 1.49. The summed E-state index contributed by atoms with van der Waals surface area (Å²) in [6, 6.07) is 1.57. The Bertz CT molecular complexity index is 626. The smallest absolute Gasteiger partial charge is 0.265 e. The van der Waals surface area contributed by atoms with Crippen molar-refractivity contribution in [2.75, 3.05) is 20.0 Å². The van der Waals surface area contributed by atoms with E-state index < -0.39 is 10.0 Å². The van der Waals surface area contributed by atoms with Gasteiger partial charge >= 0.3 is 0 Å². The van der Waals surface area contributed by atoms with Crippen LogP contribution in [-0.4, -0.2) is 53.1 Å². The number of hydrogen-bond acceptors (Lipinski definition) is 4. The van der Waals surface area contributed by atoms with E-state index in [9.17, 15) is 13.2 Å². The van der Waals surface area contributed by atoms with Crippen molar-refractivity contribution in [3.05, 3.63) is 11.8 Å². The molecule has 0 aliphatic heterocycles. The quantitative estimate of drug-likeness (QED) is 0.685. The molecule has 1 aromatic heterocycles. The zero-order chi connectivity index (χ0) is 17.1. The third-order valence-corrected chi connectivity index (χ3v) is 7.59. The van der Waals surface area contributed by atoms with Crippen molar-refractivity contribution >= 4 is 33.9 Å². The highest BCUT2D eigenvalue weighted by molar-refractivity contribution is 7.92. The van der Waals surface area contributed by atoms with Crippen LogP contribution in [0, 0.1) is 0 Å². The largest absolute Gasteiger partial charge is 0.340 e. The first-order chi connectivity index (χ1) is 10.1. The Balaban J connectivity index is 3.27. The van der Waals surface area contributed by atoms with Crippen LogP contribution in [0.1, 0.15) is 32.5 Å². The van der Waals surface area contributed by atoms with Crippen molar-refractivity contribution < 1.29 is 13.2 Å². The van der Waals surface area contributed by atoms with E-state index in [1.54, 1.807) is 17.8 Å². The maximum Gasteiger partial charge on any atom is 0.265 e. The monoisotopic (exact) mass is 366 g/mol. The molecule has 0 spiro atoms. The first-order valence-electron chi connectivity index (χ1n) is 6.85. The molecule has 0 aliphatic rings. The fourth-order valence-corrected chi connectivity index (χ4v) is 5.34. The fraction of sp³-hybridized carbons (Fsp3) is 0.667. The van der Waals surface area contributed by atoms with Gasteiger partial charge in [-0.05, 0) is 29.2 Å². The Morgan fingerprint density at radius 3 is 2.50 bits per heavy atom. The SMILES string of the molecule is CPN(CP)S(=O)(=O)c1cc(CN(C)C(C)=O)n(C(C)C)n1. The van der Waals surface area contributed by atoms with Gasteiger partial charge in [0.15, 0.2) is 5.03 Å². The molecule has 1 amide bonds. The molecule has 0 saturated carbocycles. The molecule has 0 radical (unpaired) electrons. The van der Waals surface area contributed by atoms with Crippen LogP contribution in [0.4, 0.5) is 0 Å². The van der Waals surface area contributed by atoms with Crippen molar-refractivity contribution in [1.82, 2.24) is 18.8 Å². The Morgan fingerprint density at radius 2 is 2.09 bits per heavy atom. The van der Waals surface area contributed by atoms with Crippen molar-refractivity contribution in [3.8, 4) is 0 Å². The van der Waals surface area contributed by atoms with Gasteiger partial charge < -0.3 is 4.90 Å². The van der Waals surface area contributed by atoms with Crippen LogP contribution in [-0.2, 0) is 21.4 Å². The second-order valence-electron chi connectivity index (χ2n) is 5.15. The van der Waals surface area contributed by atoms with Gasteiger partial charge in [0, 0.05) is 32.4 Å². The number of hydrogen-bond donors (Lipinski definition) is 0. The first kappa shape index (κ1) is 19.5. The van der Waals surface area contributed by atoms with Crippen LogP contribution in [0.5, 0.6) is 0 Å². The lowest BCUT2D eigenvalue weighted by atomic mass is 10.3. The molecule has 7 nitrogen and oxygen atoms in total. The number of sulfonamides is 1. The Hall–Kier alpha value is -0.550. The van der Waals surface area contributed by atoms with E-state index >= 15 is 0 Å². The van der Waals surface area contributed by atoms with Crippen molar-refractivity contribution in [2.45, 2.75) is 38.4 Å². The maximum atomic E-state index is 12.6. The molecule has 126 valence electrons. The van der Waals surface area contributed by atoms with Crippen LogP contribution in [0.3, 0.4) is 0 Å². The second kappa shape index (κ2) is 7.82. The van der Waals surface area contributed by atoms with E-state index in [0.717, 1.165) is 0 Å². The molecule has 1 rings (SSSR count). The fourth-order valence-electron chi connectivity index (χ4n) is 1.88. The molecule has 10 heteroatoms. The Labute approximate surface area is 136 Å². The number of carbonyl (C=O) groups excluding carboxylic acids is 1. The number of amides is 1. The van der Waals surface area contributed by atoms with Gasteiger partial charge in [0.1, 0.15) is 0 Å². The number of carbonyl (C=O) groups is 1. The topological polar surface area (TPSA) is 75.5 Å². The van der Waals surface area contributed by atoms with Crippen LogP contribution < -0.4 is 0 Å². The van der Waals surface area contributed by atoms with E-state index in [0.29, 0.717) is 18.5 Å². The summed E-state index contributed by atoms with van der Waals surface area (Å²) in [6.45, 7) is 7.46. The lowest BCUT2D eigenvalue weighted by molar-refractivity contribution is -0.128. The van der Waals surface area contributed by atoms with Gasteiger partial charge in [0.2, 0.25) is 5.91 Å². The number of rotatable bonds is 7. The minimum absolute atomic E-state index is 0.00725. The van der Waals surface area contributed by atoms with Crippen molar-refractivity contribution in [1.29, 1.82) is 0 Å². The molecular weight excluding hydrogens is 342 g/mol. The summed E-state index contributed by atoms with van der Waals surface area (Å²) in [7, 11) is 0.623. The molecule has 1 heterocycles. The highest BCUT2D eigenvalue weighted by atomic mass is 32.2. The van der Waals surface area contributed by atoms with Gasteiger partial charge in [-0.3, -0.25) is 9.48 Å². The number of nitrogens with zero attached hydrogens (tertiary/aromatic N) is 4. The third-order valence-electron chi connectivity index (χ3n) is 3.19. The second-order valence-corrected chi connectivity index (χ2v) is 8.63. The predicted molar refractivity (Wildman–Crippen MR) is 92.6 cm³/mol. The standard InChI is InChI=1S/C12H24N4O3P2S/c1-9(2)16-11(7-14(4)10(3)17)6-12(13-16)22(18,19)15(8-20)21-5/h6,9,21H,7-8,20H2,1-5H3. The molecule has 0 aliphatic carbocycles. The molecule has 0 fully saturated rings. The van der Waals surface area contributed by atoms with Crippen molar-refractivity contribution in [3.63, 3.8) is 0 Å². The molecule has 2 unspecified atom stereocenters. The van der Waals surface area contributed by atoms with Crippen LogP contribution in [0.2, 0.25) is 0 Å². The summed E-state index contributed by atoms with van der Waals surface area (Å²) in [6.07, 6.45) is 0.328. The van der Waals surface area contributed by atoms with Crippen LogP contribution >= 0.6 is 18.0 Å². The Kier molecular flexibility index (Phi) is 6.93. The van der Waals surface area contributed by atoms with E-state index in [2.05, 4.69) is 14.3 Å². The Morgan fingerprint density at radius 1 is 1.50 bits per heavy atom. The average Bonchev–Trinajstić information content (AvgIpc) is 2.84. The highest BCUT2D eigenvalue weighted by Gasteiger charge is 2.27. The minimum atomic E-state index is -3.60. The van der Waals surface area contributed by atoms with Gasteiger partial charge in [-0.1, -0.05) is 0 Å². The van der Waals surface area contributed by atoms with Crippen LogP contribution in [0.25, 0.3) is 0 Å². The summed E-state index contributed by atoms with van der Waals surface area (Å²) in [5, 5.41) is 4.29. The van der Waals surface area contributed by atoms with Gasteiger partial charge in [-0.2, -0.15) is 9.17 Å². The lowest BCUT2D eigenvalue weighted by Gasteiger charge is -2.17. The van der Waals surface area contributed by atoms with E-state index in [1.807, 2.05) is 20.5 Å². The van der Waals surface area contributed by atoms with E-state index in [4.69, 9.17) is 0 Å². The highest BCUT2D eigenvalue weighted by Crippen LogP contribution is 2.27. The summed E-state index contributed by atoms with van der Waals surface area (Å²) < 4.78 is 28.2. The van der Waals surface area contributed by atoms with E-state index in [-0.39, 0.29) is 25.7 Å². The minimum Gasteiger partial charge on any atom is -0.340 e. The molecule has 0 saturated heterocycles. The molecule has 0 bridgehead atoms. The van der Waals surface area contributed by atoms with E-state index in [1.165, 1.54) is 15.9 Å². The zero-order valence-corrected chi connectivity index (χ0v) is 16.5.